The Hall–Kier alpha value is -2.55. The third-order valence-corrected chi connectivity index (χ3v) is 3.32. The summed E-state index contributed by atoms with van der Waals surface area (Å²) in [7, 11) is 0. The van der Waals surface area contributed by atoms with Crippen LogP contribution in [-0.2, 0) is 6.42 Å². The smallest absolute Gasteiger partial charge is 0.198 e. The van der Waals surface area contributed by atoms with Crippen LogP contribution in [0.25, 0.3) is 11.0 Å². The summed E-state index contributed by atoms with van der Waals surface area (Å²) in [6.07, 6.45) is 1.12. The number of benzene rings is 2. The minimum atomic E-state index is 0.0259. The fourth-order valence-corrected chi connectivity index (χ4v) is 2.18. The zero-order valence-corrected chi connectivity index (χ0v) is 11.0. The first-order chi connectivity index (χ1) is 9.72. The summed E-state index contributed by atoms with van der Waals surface area (Å²) in [5.74, 6) is 0.458. The molecule has 3 aromatic rings. The molecular formula is C17H15NO2. The lowest BCUT2D eigenvalue weighted by Gasteiger charge is -2.00. The minimum Gasteiger partial charge on any atom is -0.453 e. The van der Waals surface area contributed by atoms with E-state index in [1.54, 1.807) is 6.07 Å². The van der Waals surface area contributed by atoms with Crippen molar-refractivity contribution in [3.05, 3.63) is 65.9 Å². The van der Waals surface area contributed by atoms with Gasteiger partial charge in [-0.3, -0.25) is 4.79 Å². The molecule has 0 unspecified atom stereocenters. The van der Waals surface area contributed by atoms with Crippen LogP contribution in [0.3, 0.4) is 0 Å². The summed E-state index contributed by atoms with van der Waals surface area (Å²) in [4.78, 5) is 12.1. The molecule has 0 saturated heterocycles. The Bertz CT molecular complexity index is 708. The van der Waals surface area contributed by atoms with Crippen LogP contribution in [0, 0.1) is 0 Å². The van der Waals surface area contributed by atoms with Crippen LogP contribution in [0.1, 0.15) is 22.5 Å². The molecule has 2 aromatic carbocycles. The van der Waals surface area contributed by atoms with E-state index in [1.807, 2.05) is 48.5 Å². The fourth-order valence-electron chi connectivity index (χ4n) is 2.18. The number of nitrogen functional groups attached to an aromatic ring is 1. The van der Waals surface area contributed by atoms with Gasteiger partial charge in [-0.2, -0.15) is 0 Å². The van der Waals surface area contributed by atoms with E-state index in [0.29, 0.717) is 18.6 Å². The van der Waals surface area contributed by atoms with Crippen molar-refractivity contribution >= 4 is 22.4 Å². The summed E-state index contributed by atoms with van der Waals surface area (Å²) in [5.41, 5.74) is 8.22. The topological polar surface area (TPSA) is 56.2 Å². The number of nitrogens with two attached hydrogens (primary N) is 1. The number of hydrogen-bond acceptors (Lipinski definition) is 3. The van der Waals surface area contributed by atoms with E-state index in [2.05, 4.69) is 0 Å². The largest absolute Gasteiger partial charge is 0.453 e. The summed E-state index contributed by atoms with van der Waals surface area (Å²) in [6.45, 7) is 0. The van der Waals surface area contributed by atoms with Crippen molar-refractivity contribution in [2.75, 3.05) is 5.73 Å². The molecule has 0 aliphatic carbocycles. The number of furan rings is 1. The third-order valence-electron chi connectivity index (χ3n) is 3.32. The van der Waals surface area contributed by atoms with Crippen molar-refractivity contribution in [1.29, 1.82) is 0 Å². The SMILES string of the molecule is Nc1ccc(CCC(=O)c2cc3ccccc3o2)cc1. The van der Waals surface area contributed by atoms with E-state index in [-0.39, 0.29) is 5.78 Å². The number of aryl methyl sites for hydroxylation is 1. The molecule has 0 atom stereocenters. The molecule has 0 saturated carbocycles. The van der Waals surface area contributed by atoms with Gasteiger partial charge in [-0.25, -0.2) is 0 Å². The van der Waals surface area contributed by atoms with E-state index in [9.17, 15) is 4.79 Å². The lowest BCUT2D eigenvalue weighted by molar-refractivity contribution is 0.0958. The average Bonchev–Trinajstić information content (AvgIpc) is 2.90. The van der Waals surface area contributed by atoms with Crippen molar-refractivity contribution < 1.29 is 9.21 Å². The zero-order chi connectivity index (χ0) is 13.9. The molecule has 0 spiro atoms. The average molecular weight is 265 g/mol. The number of Topliss-reactive ketones (excluding diaryl/α,β-unsaturated/α-hetero) is 1. The highest BCUT2D eigenvalue weighted by Gasteiger charge is 2.11. The summed E-state index contributed by atoms with van der Waals surface area (Å²) in [6, 6.07) is 17.0. The lowest BCUT2D eigenvalue weighted by Crippen LogP contribution is -1.99. The molecule has 1 heterocycles. The fraction of sp³-hybridized carbons (Fsp3) is 0.118. The number of carbonyl (C=O) groups is 1. The molecule has 20 heavy (non-hydrogen) atoms. The second kappa shape index (κ2) is 5.21. The number of ketones is 1. The Labute approximate surface area is 117 Å². The van der Waals surface area contributed by atoms with Gasteiger partial charge in [0, 0.05) is 17.5 Å². The van der Waals surface area contributed by atoms with Crippen LogP contribution in [0.15, 0.2) is 59.0 Å². The lowest BCUT2D eigenvalue weighted by atomic mass is 10.1. The predicted molar refractivity (Wildman–Crippen MR) is 79.7 cm³/mol. The molecule has 0 bridgehead atoms. The van der Waals surface area contributed by atoms with Gasteiger partial charge in [-0.05, 0) is 36.2 Å². The highest BCUT2D eigenvalue weighted by atomic mass is 16.3. The Kier molecular flexibility index (Phi) is 3.25. The van der Waals surface area contributed by atoms with E-state index >= 15 is 0 Å². The molecule has 3 rings (SSSR count). The van der Waals surface area contributed by atoms with Crippen LogP contribution in [0.5, 0.6) is 0 Å². The van der Waals surface area contributed by atoms with Gasteiger partial charge in [0.25, 0.3) is 0 Å². The normalized spacial score (nSPS) is 10.8. The molecule has 3 heteroatoms. The van der Waals surface area contributed by atoms with Crippen LogP contribution >= 0.6 is 0 Å². The number of hydrogen-bond donors (Lipinski definition) is 1. The Morgan fingerprint density at radius 2 is 1.80 bits per heavy atom. The van der Waals surface area contributed by atoms with Crippen molar-refractivity contribution in [2.24, 2.45) is 0 Å². The molecule has 3 nitrogen and oxygen atoms in total. The van der Waals surface area contributed by atoms with Gasteiger partial charge in [0.05, 0.1) is 0 Å². The van der Waals surface area contributed by atoms with Crippen molar-refractivity contribution in [3.8, 4) is 0 Å². The van der Waals surface area contributed by atoms with Crippen molar-refractivity contribution in [2.45, 2.75) is 12.8 Å². The van der Waals surface area contributed by atoms with Crippen LogP contribution in [0.4, 0.5) is 5.69 Å². The van der Waals surface area contributed by atoms with E-state index < -0.39 is 0 Å². The molecule has 0 radical (unpaired) electrons. The first kappa shape index (κ1) is 12.5. The van der Waals surface area contributed by atoms with Gasteiger partial charge in [-0.1, -0.05) is 30.3 Å². The second-order valence-electron chi connectivity index (χ2n) is 4.81. The van der Waals surface area contributed by atoms with Crippen molar-refractivity contribution in [1.82, 2.24) is 0 Å². The maximum atomic E-state index is 12.1. The number of anilines is 1. The van der Waals surface area contributed by atoms with Crippen molar-refractivity contribution in [3.63, 3.8) is 0 Å². The van der Waals surface area contributed by atoms with Gasteiger partial charge in [-0.15, -0.1) is 0 Å². The third kappa shape index (κ3) is 2.57. The van der Waals surface area contributed by atoms with Crippen LogP contribution < -0.4 is 5.73 Å². The zero-order valence-electron chi connectivity index (χ0n) is 11.0. The summed E-state index contributed by atoms with van der Waals surface area (Å²) in [5, 5.41) is 0.961. The molecular weight excluding hydrogens is 250 g/mol. The highest BCUT2D eigenvalue weighted by Crippen LogP contribution is 2.20. The van der Waals surface area contributed by atoms with Gasteiger partial charge >= 0.3 is 0 Å². The van der Waals surface area contributed by atoms with Crippen LogP contribution in [0.2, 0.25) is 0 Å². The van der Waals surface area contributed by atoms with Gasteiger partial charge in [0.1, 0.15) is 5.58 Å². The quantitative estimate of drug-likeness (QED) is 0.576. The van der Waals surface area contributed by atoms with Gasteiger partial charge in [0.15, 0.2) is 11.5 Å². The van der Waals surface area contributed by atoms with Gasteiger partial charge in [0.2, 0.25) is 0 Å². The first-order valence-corrected chi connectivity index (χ1v) is 6.58. The molecule has 100 valence electrons. The monoisotopic (exact) mass is 265 g/mol. The number of para-hydroxylation sites is 1. The Morgan fingerprint density at radius 1 is 1.05 bits per heavy atom. The number of carbonyl (C=O) groups excluding carboxylic acids is 1. The summed E-state index contributed by atoms with van der Waals surface area (Å²) < 4.78 is 5.57. The maximum absolute atomic E-state index is 12.1. The van der Waals surface area contributed by atoms with Gasteiger partial charge < -0.3 is 10.2 Å². The molecule has 0 aliphatic rings. The van der Waals surface area contributed by atoms with Crippen LogP contribution in [-0.4, -0.2) is 5.78 Å². The molecule has 0 fully saturated rings. The first-order valence-electron chi connectivity index (χ1n) is 6.58. The minimum absolute atomic E-state index is 0.0259. The molecule has 0 amide bonds. The molecule has 2 N–H and O–H groups in total. The number of rotatable bonds is 4. The molecule has 1 aromatic heterocycles. The predicted octanol–water partition coefficient (Wildman–Crippen LogP) is 3.83. The van der Waals surface area contributed by atoms with E-state index in [1.165, 1.54) is 0 Å². The standard InChI is InChI=1S/C17H15NO2/c18-14-8-5-12(6-9-14)7-10-15(19)17-11-13-3-1-2-4-16(13)20-17/h1-6,8-9,11H,7,10,18H2. The maximum Gasteiger partial charge on any atom is 0.198 e. The van der Waals surface area contributed by atoms with E-state index in [0.717, 1.165) is 22.2 Å². The number of fused-ring (bicyclic) bond motifs is 1. The van der Waals surface area contributed by atoms with E-state index in [4.69, 9.17) is 10.2 Å². The Balaban J connectivity index is 1.71. The molecule has 0 aliphatic heterocycles. The summed E-state index contributed by atoms with van der Waals surface area (Å²) >= 11 is 0. The second-order valence-corrected chi connectivity index (χ2v) is 4.81. The Morgan fingerprint density at radius 3 is 2.55 bits per heavy atom. The highest BCUT2D eigenvalue weighted by molar-refractivity contribution is 5.97.